The third kappa shape index (κ3) is 12.9. The number of rotatable bonds is 5. The number of ether oxygens (including phenoxy) is 2. The second-order valence-corrected chi connectivity index (χ2v) is 5.50. The molecule has 1 aliphatic rings. The van der Waals surface area contributed by atoms with Crippen LogP contribution >= 0.6 is 0 Å². The number of carbonyl (C=O) groups is 1. The van der Waals surface area contributed by atoms with Crippen molar-refractivity contribution < 1.29 is 14.3 Å². The molecular formula is C18H38O3. The van der Waals surface area contributed by atoms with Crippen molar-refractivity contribution in [3.63, 3.8) is 0 Å². The van der Waals surface area contributed by atoms with Crippen LogP contribution in [0.2, 0.25) is 0 Å². The van der Waals surface area contributed by atoms with Gasteiger partial charge in [-0.25, -0.2) is 0 Å². The smallest absolute Gasteiger partial charge is 0.305 e. The monoisotopic (exact) mass is 302 g/mol. The summed E-state index contributed by atoms with van der Waals surface area (Å²) in [4.78, 5) is 10.9. The fourth-order valence-corrected chi connectivity index (χ4v) is 2.10. The Morgan fingerprint density at radius 3 is 1.95 bits per heavy atom. The Balaban J connectivity index is 0. The van der Waals surface area contributed by atoms with E-state index < -0.39 is 0 Å². The Morgan fingerprint density at radius 1 is 1.14 bits per heavy atom. The molecule has 0 bridgehead atoms. The molecule has 3 nitrogen and oxygen atoms in total. The molecule has 1 rings (SSSR count). The van der Waals surface area contributed by atoms with Gasteiger partial charge in [-0.05, 0) is 31.1 Å². The van der Waals surface area contributed by atoms with E-state index in [9.17, 15) is 4.79 Å². The first-order valence-electron chi connectivity index (χ1n) is 8.82. The van der Waals surface area contributed by atoms with E-state index in [1.54, 1.807) is 0 Å². The second kappa shape index (κ2) is 15.8. The highest BCUT2D eigenvalue weighted by atomic mass is 16.5. The van der Waals surface area contributed by atoms with E-state index in [0.717, 1.165) is 25.6 Å². The van der Waals surface area contributed by atoms with Gasteiger partial charge in [-0.2, -0.15) is 0 Å². The highest BCUT2D eigenvalue weighted by molar-refractivity contribution is 5.69. The van der Waals surface area contributed by atoms with Gasteiger partial charge < -0.3 is 9.47 Å². The Labute approximate surface area is 132 Å². The fraction of sp³-hybridized carbons (Fsp3) is 0.944. The van der Waals surface area contributed by atoms with Gasteiger partial charge in [0.1, 0.15) is 6.10 Å². The average molecular weight is 302 g/mol. The summed E-state index contributed by atoms with van der Waals surface area (Å²) < 4.78 is 10.4. The first-order valence-corrected chi connectivity index (χ1v) is 8.82. The summed E-state index contributed by atoms with van der Waals surface area (Å²) in [6.07, 6.45) is 5.39. The summed E-state index contributed by atoms with van der Waals surface area (Å²) in [6, 6.07) is 0. The van der Waals surface area contributed by atoms with Crippen molar-refractivity contribution in [2.45, 2.75) is 86.7 Å². The summed E-state index contributed by atoms with van der Waals surface area (Å²) in [5, 5.41) is 0. The molecule has 1 unspecified atom stereocenters. The summed E-state index contributed by atoms with van der Waals surface area (Å²) in [6.45, 7) is 16.2. The zero-order chi connectivity index (χ0) is 16.7. The van der Waals surface area contributed by atoms with E-state index in [0.29, 0.717) is 12.3 Å². The molecule has 1 saturated heterocycles. The van der Waals surface area contributed by atoms with Gasteiger partial charge in [-0.1, -0.05) is 54.9 Å². The van der Waals surface area contributed by atoms with Crippen molar-refractivity contribution in [2.24, 2.45) is 11.8 Å². The maximum atomic E-state index is 10.9. The zero-order valence-electron chi connectivity index (χ0n) is 15.4. The van der Waals surface area contributed by atoms with Gasteiger partial charge in [-0.15, -0.1) is 0 Å². The minimum absolute atomic E-state index is 0.0921. The van der Waals surface area contributed by atoms with Crippen LogP contribution < -0.4 is 0 Å². The number of carbonyl (C=O) groups excluding carboxylic acids is 1. The summed E-state index contributed by atoms with van der Waals surface area (Å²) in [7, 11) is 0. The minimum Gasteiger partial charge on any atom is -0.462 e. The van der Waals surface area contributed by atoms with Gasteiger partial charge in [0.25, 0.3) is 0 Å². The second-order valence-electron chi connectivity index (χ2n) is 5.50. The van der Waals surface area contributed by atoms with Crippen LogP contribution in [-0.2, 0) is 14.3 Å². The third-order valence-electron chi connectivity index (χ3n) is 3.64. The van der Waals surface area contributed by atoms with Crippen molar-refractivity contribution in [1.29, 1.82) is 0 Å². The SMILES string of the molecule is CC.CCC(=O)OC(CC)C(C)C.CCC1CCOCC1. The van der Waals surface area contributed by atoms with E-state index in [4.69, 9.17) is 9.47 Å². The summed E-state index contributed by atoms with van der Waals surface area (Å²) in [5.41, 5.74) is 0. The van der Waals surface area contributed by atoms with Crippen LogP contribution in [-0.4, -0.2) is 25.3 Å². The van der Waals surface area contributed by atoms with Gasteiger partial charge in [0.05, 0.1) is 0 Å². The van der Waals surface area contributed by atoms with Crippen molar-refractivity contribution >= 4 is 5.97 Å². The molecule has 1 atom stereocenters. The van der Waals surface area contributed by atoms with Crippen LogP contribution in [0.25, 0.3) is 0 Å². The standard InChI is InChI=1S/C9H18O2.C7H14O.C2H6/c1-5-8(7(3)4)11-9(10)6-2;1-2-7-3-5-8-6-4-7;1-2/h7-8H,5-6H2,1-4H3;7H,2-6H2,1H3;1-2H3. The molecule has 0 spiro atoms. The topological polar surface area (TPSA) is 35.5 Å². The van der Waals surface area contributed by atoms with Crippen molar-refractivity contribution in [3.8, 4) is 0 Å². The normalized spacial score (nSPS) is 16.2. The van der Waals surface area contributed by atoms with Gasteiger partial charge in [-0.3, -0.25) is 4.79 Å². The number of hydrogen-bond acceptors (Lipinski definition) is 3. The molecule has 0 saturated carbocycles. The largest absolute Gasteiger partial charge is 0.462 e. The molecule has 0 radical (unpaired) electrons. The number of hydrogen-bond donors (Lipinski definition) is 0. The highest BCUT2D eigenvalue weighted by Crippen LogP contribution is 2.16. The van der Waals surface area contributed by atoms with Crippen molar-refractivity contribution in [3.05, 3.63) is 0 Å². The molecule has 1 heterocycles. The Hall–Kier alpha value is -0.570. The van der Waals surface area contributed by atoms with Crippen LogP contribution in [0.1, 0.15) is 80.6 Å². The van der Waals surface area contributed by atoms with Crippen molar-refractivity contribution in [2.75, 3.05) is 13.2 Å². The molecule has 3 heteroatoms. The molecule has 0 amide bonds. The van der Waals surface area contributed by atoms with Crippen LogP contribution in [0.5, 0.6) is 0 Å². The lowest BCUT2D eigenvalue weighted by Crippen LogP contribution is -2.22. The zero-order valence-corrected chi connectivity index (χ0v) is 15.4. The maximum absolute atomic E-state index is 10.9. The molecule has 0 aliphatic carbocycles. The Kier molecular flexibility index (Phi) is 17.1. The predicted molar refractivity (Wildman–Crippen MR) is 90.5 cm³/mol. The quantitative estimate of drug-likeness (QED) is 0.653. The van der Waals surface area contributed by atoms with Gasteiger partial charge in [0.2, 0.25) is 0 Å². The molecule has 0 aromatic heterocycles. The first kappa shape index (κ1) is 22.7. The average Bonchev–Trinajstić information content (AvgIpc) is 2.55. The molecule has 0 aromatic carbocycles. The predicted octanol–water partition coefficient (Wildman–Crippen LogP) is 5.22. The van der Waals surface area contributed by atoms with E-state index >= 15 is 0 Å². The molecule has 21 heavy (non-hydrogen) atoms. The van der Waals surface area contributed by atoms with E-state index in [1.165, 1.54) is 19.3 Å². The fourth-order valence-electron chi connectivity index (χ4n) is 2.10. The Bertz CT molecular complexity index is 221. The lowest BCUT2D eigenvalue weighted by molar-refractivity contribution is -0.151. The lowest BCUT2D eigenvalue weighted by Gasteiger charge is -2.19. The van der Waals surface area contributed by atoms with Crippen molar-refractivity contribution in [1.82, 2.24) is 0 Å². The van der Waals surface area contributed by atoms with Gasteiger partial charge in [0.15, 0.2) is 0 Å². The van der Waals surface area contributed by atoms with E-state index in [1.807, 2.05) is 27.7 Å². The van der Waals surface area contributed by atoms with E-state index in [2.05, 4.69) is 20.8 Å². The van der Waals surface area contributed by atoms with E-state index in [-0.39, 0.29) is 12.1 Å². The maximum Gasteiger partial charge on any atom is 0.305 e. The molecule has 1 fully saturated rings. The van der Waals surface area contributed by atoms with Crippen LogP contribution in [0, 0.1) is 11.8 Å². The third-order valence-corrected chi connectivity index (χ3v) is 3.64. The van der Waals surface area contributed by atoms with Gasteiger partial charge in [0, 0.05) is 19.6 Å². The van der Waals surface area contributed by atoms with Gasteiger partial charge >= 0.3 is 5.97 Å². The molecular weight excluding hydrogens is 264 g/mol. The number of esters is 1. The minimum atomic E-state index is -0.0921. The highest BCUT2D eigenvalue weighted by Gasteiger charge is 2.14. The van der Waals surface area contributed by atoms with Crippen LogP contribution in [0.4, 0.5) is 0 Å². The van der Waals surface area contributed by atoms with Crippen LogP contribution in [0.15, 0.2) is 0 Å². The van der Waals surface area contributed by atoms with Crippen LogP contribution in [0.3, 0.4) is 0 Å². The lowest BCUT2D eigenvalue weighted by atomic mass is 9.98. The first-order chi connectivity index (χ1) is 10.0. The molecule has 0 aromatic rings. The molecule has 128 valence electrons. The molecule has 0 N–H and O–H groups in total. The molecule has 1 aliphatic heterocycles. The Morgan fingerprint density at radius 2 is 1.67 bits per heavy atom. The summed E-state index contributed by atoms with van der Waals surface area (Å²) >= 11 is 0. The summed E-state index contributed by atoms with van der Waals surface area (Å²) in [5.74, 6) is 1.30.